The van der Waals surface area contributed by atoms with Gasteiger partial charge in [-0.2, -0.15) is 0 Å². The summed E-state index contributed by atoms with van der Waals surface area (Å²) in [5.74, 6) is -0.640. The molecule has 0 saturated heterocycles. The molecule has 0 aliphatic heterocycles. The third-order valence-corrected chi connectivity index (χ3v) is 2.56. The molecule has 0 amide bonds. The van der Waals surface area contributed by atoms with Gasteiger partial charge in [-0.25, -0.2) is 18.2 Å². The first-order valence-corrected chi connectivity index (χ1v) is 5.16. The zero-order valence-corrected chi connectivity index (χ0v) is 9.37. The van der Waals surface area contributed by atoms with Crippen molar-refractivity contribution in [3.63, 3.8) is 0 Å². The van der Waals surface area contributed by atoms with Crippen LogP contribution in [0.5, 0.6) is 0 Å². The highest BCUT2D eigenvalue weighted by Gasteiger charge is 2.17. The van der Waals surface area contributed by atoms with Gasteiger partial charge in [0.1, 0.15) is 10.3 Å². The van der Waals surface area contributed by atoms with Crippen LogP contribution >= 0.6 is 31.9 Å². The number of halogens is 5. The van der Waals surface area contributed by atoms with Crippen LogP contribution < -0.4 is 0 Å². The van der Waals surface area contributed by atoms with Crippen molar-refractivity contribution in [3.8, 4) is 0 Å². The van der Waals surface area contributed by atoms with E-state index < -0.39 is 17.9 Å². The van der Waals surface area contributed by atoms with Crippen LogP contribution in [0.1, 0.15) is 17.7 Å². The molecule has 72 valence electrons. The molecule has 1 rings (SSSR count). The second-order valence-corrected chi connectivity index (χ2v) is 3.55. The first-order chi connectivity index (χ1) is 6.06. The molecule has 0 aliphatic carbocycles. The van der Waals surface area contributed by atoms with Gasteiger partial charge in [-0.15, -0.1) is 0 Å². The molecular formula is C7H4Br2F3N. The summed E-state index contributed by atoms with van der Waals surface area (Å²) in [6, 6.07) is 1.04. The monoisotopic (exact) mass is 317 g/mol. The second kappa shape index (κ2) is 4.41. The average Bonchev–Trinajstić information content (AvgIpc) is 2.08. The lowest BCUT2D eigenvalue weighted by atomic mass is 10.2. The van der Waals surface area contributed by atoms with Gasteiger partial charge in [0.05, 0.1) is 0 Å². The smallest absolute Gasteiger partial charge is 0.236 e. The van der Waals surface area contributed by atoms with Crippen LogP contribution in [0.25, 0.3) is 0 Å². The highest BCUT2D eigenvalue weighted by Crippen LogP contribution is 2.26. The fourth-order valence-corrected chi connectivity index (χ4v) is 1.57. The minimum atomic E-state index is -2.69. The SMILES string of the molecule is Fc1cc(CBr)c(C(F)F)nc1Br. The summed E-state index contributed by atoms with van der Waals surface area (Å²) in [5, 5.41) is 0.157. The fourth-order valence-electron chi connectivity index (χ4n) is 0.813. The lowest BCUT2D eigenvalue weighted by Gasteiger charge is -2.05. The van der Waals surface area contributed by atoms with E-state index in [1.807, 2.05) is 0 Å². The van der Waals surface area contributed by atoms with E-state index in [4.69, 9.17) is 0 Å². The van der Waals surface area contributed by atoms with E-state index in [0.717, 1.165) is 6.07 Å². The lowest BCUT2D eigenvalue weighted by molar-refractivity contribution is 0.144. The summed E-state index contributed by atoms with van der Waals surface area (Å²) in [6.07, 6.45) is -2.69. The molecule has 0 spiro atoms. The van der Waals surface area contributed by atoms with E-state index >= 15 is 0 Å². The predicted molar refractivity (Wildman–Crippen MR) is 49.5 cm³/mol. The Balaban J connectivity index is 3.25. The van der Waals surface area contributed by atoms with Gasteiger partial charge >= 0.3 is 0 Å². The molecule has 0 N–H and O–H groups in total. The second-order valence-electron chi connectivity index (χ2n) is 2.24. The van der Waals surface area contributed by atoms with Crippen LogP contribution in [0.3, 0.4) is 0 Å². The molecule has 0 atom stereocenters. The molecule has 1 heterocycles. The Labute approximate surface area is 89.6 Å². The van der Waals surface area contributed by atoms with Gasteiger partial charge in [0, 0.05) is 5.33 Å². The van der Waals surface area contributed by atoms with Crippen LogP contribution in [0.2, 0.25) is 0 Å². The molecule has 0 aromatic carbocycles. The first-order valence-electron chi connectivity index (χ1n) is 3.25. The minimum absolute atomic E-state index is 0.157. The Hall–Kier alpha value is -0.100. The lowest BCUT2D eigenvalue weighted by Crippen LogP contribution is -1.99. The minimum Gasteiger partial charge on any atom is -0.236 e. The molecule has 0 fully saturated rings. The zero-order valence-electron chi connectivity index (χ0n) is 6.20. The van der Waals surface area contributed by atoms with E-state index in [1.54, 1.807) is 0 Å². The molecule has 0 bridgehead atoms. The summed E-state index contributed by atoms with van der Waals surface area (Å²) < 4.78 is 37.2. The quantitative estimate of drug-likeness (QED) is 0.597. The van der Waals surface area contributed by atoms with Gasteiger partial charge in [0.15, 0.2) is 5.82 Å². The molecule has 1 aromatic rings. The Morgan fingerprint density at radius 1 is 1.46 bits per heavy atom. The maximum absolute atomic E-state index is 12.8. The maximum atomic E-state index is 12.8. The number of pyridine rings is 1. The van der Waals surface area contributed by atoms with Crippen LogP contribution in [-0.2, 0) is 5.33 Å². The van der Waals surface area contributed by atoms with E-state index in [0.29, 0.717) is 0 Å². The highest BCUT2D eigenvalue weighted by molar-refractivity contribution is 9.10. The van der Waals surface area contributed by atoms with E-state index in [2.05, 4.69) is 36.8 Å². The summed E-state index contributed by atoms with van der Waals surface area (Å²) in [5.41, 5.74) is -0.235. The van der Waals surface area contributed by atoms with Gasteiger partial charge in [-0.05, 0) is 27.6 Å². The number of nitrogens with zero attached hydrogens (tertiary/aromatic N) is 1. The van der Waals surface area contributed by atoms with Crippen molar-refractivity contribution in [2.24, 2.45) is 0 Å². The molecule has 13 heavy (non-hydrogen) atoms. The molecule has 0 radical (unpaired) electrons. The maximum Gasteiger partial charge on any atom is 0.280 e. The zero-order chi connectivity index (χ0) is 10.0. The van der Waals surface area contributed by atoms with Crippen molar-refractivity contribution in [1.29, 1.82) is 0 Å². The van der Waals surface area contributed by atoms with Gasteiger partial charge in [-0.3, -0.25) is 0 Å². The standard InChI is InChI=1S/C7H4Br2F3N/c8-2-3-1-4(10)6(9)13-5(3)7(11)12/h1,7H,2H2. The third-order valence-electron chi connectivity index (χ3n) is 1.40. The molecule has 1 nitrogen and oxygen atoms in total. The molecule has 0 aliphatic rings. The number of rotatable bonds is 2. The third kappa shape index (κ3) is 2.43. The van der Waals surface area contributed by atoms with Crippen molar-refractivity contribution >= 4 is 31.9 Å². The Morgan fingerprint density at radius 3 is 2.54 bits per heavy atom. The molecule has 0 unspecified atom stereocenters. The van der Waals surface area contributed by atoms with Crippen molar-refractivity contribution in [1.82, 2.24) is 4.98 Å². The van der Waals surface area contributed by atoms with Gasteiger partial charge in [0.25, 0.3) is 6.43 Å². The van der Waals surface area contributed by atoms with Crippen molar-refractivity contribution in [2.75, 3.05) is 0 Å². The van der Waals surface area contributed by atoms with Crippen LogP contribution in [0, 0.1) is 5.82 Å². The normalized spacial score (nSPS) is 10.9. The first kappa shape index (κ1) is 11.0. The van der Waals surface area contributed by atoms with Crippen LogP contribution in [-0.4, -0.2) is 4.98 Å². The summed E-state index contributed by atoms with van der Waals surface area (Å²) in [7, 11) is 0. The highest BCUT2D eigenvalue weighted by atomic mass is 79.9. The molecule has 6 heteroatoms. The van der Waals surface area contributed by atoms with E-state index in [1.165, 1.54) is 0 Å². The van der Waals surface area contributed by atoms with E-state index in [9.17, 15) is 13.2 Å². The number of hydrogen-bond donors (Lipinski definition) is 0. The van der Waals surface area contributed by atoms with Crippen molar-refractivity contribution in [2.45, 2.75) is 11.8 Å². The van der Waals surface area contributed by atoms with Crippen LogP contribution in [0.4, 0.5) is 13.2 Å². The largest absolute Gasteiger partial charge is 0.280 e. The fraction of sp³-hybridized carbons (Fsp3) is 0.286. The van der Waals surface area contributed by atoms with Gasteiger partial charge in [-0.1, -0.05) is 15.9 Å². The number of hydrogen-bond acceptors (Lipinski definition) is 1. The summed E-state index contributed by atoms with van der Waals surface area (Å²) in [4.78, 5) is 3.40. The van der Waals surface area contributed by atoms with Gasteiger partial charge < -0.3 is 0 Å². The average molecular weight is 319 g/mol. The number of aromatic nitrogens is 1. The Morgan fingerprint density at radius 2 is 2.08 bits per heavy atom. The van der Waals surface area contributed by atoms with E-state index in [-0.39, 0.29) is 15.5 Å². The topological polar surface area (TPSA) is 12.9 Å². The molecular weight excluding hydrogens is 315 g/mol. The Bertz CT molecular complexity index is 317. The van der Waals surface area contributed by atoms with Crippen LogP contribution in [0.15, 0.2) is 10.7 Å². The number of alkyl halides is 3. The molecule has 0 saturated carbocycles. The predicted octanol–water partition coefficient (Wildman–Crippen LogP) is 3.82. The summed E-state index contributed by atoms with van der Waals surface area (Å²) in [6.45, 7) is 0. The van der Waals surface area contributed by atoms with Crippen molar-refractivity contribution in [3.05, 3.63) is 27.7 Å². The Kier molecular flexibility index (Phi) is 3.73. The summed E-state index contributed by atoms with van der Waals surface area (Å²) >= 11 is 5.72. The van der Waals surface area contributed by atoms with Gasteiger partial charge in [0.2, 0.25) is 0 Å². The van der Waals surface area contributed by atoms with Crippen molar-refractivity contribution < 1.29 is 13.2 Å². The molecule has 1 aromatic heterocycles.